The number of aromatic nitrogens is 2. The largest absolute Gasteiger partial charge is 0.466 e. The molecule has 0 aliphatic heterocycles. The van der Waals surface area contributed by atoms with Gasteiger partial charge in [-0.2, -0.15) is 0 Å². The van der Waals surface area contributed by atoms with Gasteiger partial charge in [-0.3, -0.25) is 24.8 Å². The van der Waals surface area contributed by atoms with E-state index in [1.807, 2.05) is 48.1 Å². The molecule has 9 nitrogen and oxygen atoms in total. The molecule has 2 aromatic carbocycles. The maximum atomic E-state index is 13.4. The molecular weight excluding hydrogens is 494 g/mol. The summed E-state index contributed by atoms with van der Waals surface area (Å²) in [4.78, 5) is 44.4. The highest BCUT2D eigenvalue weighted by Gasteiger charge is 2.22. The van der Waals surface area contributed by atoms with E-state index in [4.69, 9.17) is 15.9 Å². The number of amidine groups is 1. The first-order valence-electron chi connectivity index (χ1n) is 12.7. The Hall–Kier alpha value is -4.79. The van der Waals surface area contributed by atoms with E-state index in [-0.39, 0.29) is 37.1 Å². The highest BCUT2D eigenvalue weighted by molar-refractivity contribution is 6.11. The van der Waals surface area contributed by atoms with Crippen molar-refractivity contribution in [3.05, 3.63) is 95.4 Å². The van der Waals surface area contributed by atoms with Crippen molar-refractivity contribution in [3.8, 4) is 0 Å². The third-order valence-corrected chi connectivity index (χ3v) is 6.49. The second-order valence-corrected chi connectivity index (χ2v) is 9.14. The number of rotatable bonds is 11. The lowest BCUT2D eigenvalue weighted by atomic mass is 10.0. The third kappa shape index (κ3) is 6.38. The van der Waals surface area contributed by atoms with Crippen LogP contribution in [0, 0.1) is 5.41 Å². The van der Waals surface area contributed by atoms with E-state index in [0.29, 0.717) is 35.2 Å². The molecule has 0 atom stereocenters. The lowest BCUT2D eigenvalue weighted by Crippen LogP contribution is -2.33. The maximum Gasteiger partial charge on any atom is 0.307 e. The van der Waals surface area contributed by atoms with Gasteiger partial charge in [0, 0.05) is 66.3 Å². The highest BCUT2D eigenvalue weighted by atomic mass is 16.5. The number of hydrogen-bond donors (Lipinski definition) is 2. The number of hydrogen-bond acceptors (Lipinski definition) is 6. The van der Waals surface area contributed by atoms with Crippen molar-refractivity contribution in [1.29, 1.82) is 5.41 Å². The monoisotopic (exact) mass is 525 g/mol. The van der Waals surface area contributed by atoms with Gasteiger partial charge in [0.15, 0.2) is 5.78 Å². The third-order valence-electron chi connectivity index (χ3n) is 6.49. The zero-order valence-corrected chi connectivity index (χ0v) is 22.0. The quantitative estimate of drug-likeness (QED) is 0.130. The standard InChI is InChI=1S/C30H31N5O4/c1-3-39-28(37)14-16-35(30(38)22-5-4-15-33-18-22)23-11-12-26-24(17-23)25(19-34(26)2)27(36)13-8-20-6-9-21(10-7-20)29(31)32/h4-7,9-12,15,17-19H,3,8,13-14,16H2,1-2H3,(H3,31,32). The summed E-state index contributed by atoms with van der Waals surface area (Å²) in [6.07, 6.45) is 5.74. The van der Waals surface area contributed by atoms with Gasteiger partial charge < -0.3 is 19.9 Å². The average molecular weight is 526 g/mol. The van der Waals surface area contributed by atoms with Crippen LogP contribution in [0.2, 0.25) is 0 Å². The van der Waals surface area contributed by atoms with E-state index < -0.39 is 5.97 Å². The summed E-state index contributed by atoms with van der Waals surface area (Å²) in [6, 6.07) is 16.2. The highest BCUT2D eigenvalue weighted by Crippen LogP contribution is 2.29. The van der Waals surface area contributed by atoms with E-state index in [1.54, 1.807) is 37.4 Å². The number of anilines is 1. The smallest absolute Gasteiger partial charge is 0.307 e. The number of nitrogens with zero attached hydrogens (tertiary/aromatic N) is 3. The molecule has 0 aliphatic rings. The van der Waals surface area contributed by atoms with Crippen LogP contribution < -0.4 is 10.6 Å². The molecule has 0 aliphatic carbocycles. The molecule has 0 bridgehead atoms. The minimum absolute atomic E-state index is 0.00231. The van der Waals surface area contributed by atoms with Crippen molar-refractivity contribution < 1.29 is 19.1 Å². The van der Waals surface area contributed by atoms with Crippen molar-refractivity contribution in [2.24, 2.45) is 12.8 Å². The molecule has 9 heteroatoms. The summed E-state index contributed by atoms with van der Waals surface area (Å²) in [5.74, 6) is -0.716. The van der Waals surface area contributed by atoms with E-state index in [2.05, 4.69) is 4.98 Å². The molecule has 39 heavy (non-hydrogen) atoms. The number of ketones is 1. The van der Waals surface area contributed by atoms with E-state index in [0.717, 1.165) is 16.5 Å². The molecule has 0 saturated carbocycles. The van der Waals surface area contributed by atoms with Crippen molar-refractivity contribution in [2.75, 3.05) is 18.1 Å². The summed E-state index contributed by atoms with van der Waals surface area (Å²) in [7, 11) is 1.87. The second kappa shape index (κ2) is 12.2. The number of ether oxygens (including phenoxy) is 1. The van der Waals surface area contributed by atoms with Gasteiger partial charge in [0.25, 0.3) is 5.91 Å². The molecule has 0 saturated heterocycles. The number of aryl methyl sites for hydroxylation is 2. The van der Waals surface area contributed by atoms with Crippen molar-refractivity contribution in [2.45, 2.75) is 26.2 Å². The number of benzene rings is 2. The first kappa shape index (κ1) is 27.3. The van der Waals surface area contributed by atoms with Crippen LogP contribution in [-0.2, 0) is 23.0 Å². The Morgan fingerprint density at radius 3 is 2.49 bits per heavy atom. The van der Waals surface area contributed by atoms with Gasteiger partial charge in [0.2, 0.25) is 0 Å². The summed E-state index contributed by atoms with van der Waals surface area (Å²) < 4.78 is 6.95. The first-order valence-corrected chi connectivity index (χ1v) is 12.7. The molecule has 2 aromatic heterocycles. The summed E-state index contributed by atoms with van der Waals surface area (Å²) in [5, 5.41) is 8.26. The number of carbonyl (C=O) groups excluding carboxylic acids is 3. The summed E-state index contributed by atoms with van der Waals surface area (Å²) in [6.45, 7) is 2.11. The Balaban J connectivity index is 1.62. The van der Waals surface area contributed by atoms with Gasteiger partial charge in [-0.15, -0.1) is 0 Å². The predicted molar refractivity (Wildman–Crippen MR) is 150 cm³/mol. The Kier molecular flexibility index (Phi) is 8.50. The van der Waals surface area contributed by atoms with Crippen LogP contribution in [0.5, 0.6) is 0 Å². The minimum atomic E-state index is -0.394. The fourth-order valence-electron chi connectivity index (χ4n) is 4.44. The molecule has 1 amide bonds. The Morgan fingerprint density at radius 2 is 1.82 bits per heavy atom. The normalized spacial score (nSPS) is 10.8. The number of nitrogens with two attached hydrogens (primary N) is 1. The van der Waals surface area contributed by atoms with Crippen molar-refractivity contribution in [3.63, 3.8) is 0 Å². The minimum Gasteiger partial charge on any atom is -0.466 e. The summed E-state index contributed by atoms with van der Waals surface area (Å²) in [5.41, 5.74) is 9.52. The number of fused-ring (bicyclic) bond motifs is 1. The molecule has 4 aromatic rings. The van der Waals surface area contributed by atoms with E-state index in [1.165, 1.54) is 11.1 Å². The predicted octanol–water partition coefficient (Wildman–Crippen LogP) is 4.27. The number of carbonyl (C=O) groups is 3. The molecule has 0 spiro atoms. The number of nitrogens with one attached hydrogen (secondary N) is 1. The van der Waals surface area contributed by atoms with Crippen LogP contribution in [0.3, 0.4) is 0 Å². The number of Topliss-reactive ketones (excluding diaryl/α,β-unsaturated/α-hetero) is 1. The van der Waals surface area contributed by atoms with Crippen LogP contribution in [0.15, 0.2) is 73.2 Å². The van der Waals surface area contributed by atoms with Gasteiger partial charge in [0.1, 0.15) is 5.84 Å². The number of pyridine rings is 1. The lowest BCUT2D eigenvalue weighted by molar-refractivity contribution is -0.142. The molecule has 0 fully saturated rings. The topological polar surface area (TPSA) is 131 Å². The van der Waals surface area contributed by atoms with E-state index >= 15 is 0 Å². The fraction of sp³-hybridized carbons (Fsp3) is 0.233. The van der Waals surface area contributed by atoms with E-state index in [9.17, 15) is 14.4 Å². The van der Waals surface area contributed by atoms with Crippen LogP contribution in [0.25, 0.3) is 10.9 Å². The van der Waals surface area contributed by atoms with Crippen molar-refractivity contribution >= 4 is 40.1 Å². The fourth-order valence-corrected chi connectivity index (χ4v) is 4.44. The van der Waals surface area contributed by atoms with Crippen LogP contribution in [0.4, 0.5) is 5.69 Å². The lowest BCUT2D eigenvalue weighted by Gasteiger charge is -2.23. The average Bonchev–Trinajstić information content (AvgIpc) is 3.28. The van der Waals surface area contributed by atoms with Crippen LogP contribution in [-0.4, -0.2) is 46.2 Å². The number of amides is 1. The first-order chi connectivity index (χ1) is 18.8. The van der Waals surface area contributed by atoms with Gasteiger partial charge in [-0.1, -0.05) is 24.3 Å². The number of nitrogen functional groups attached to an aromatic ring is 1. The van der Waals surface area contributed by atoms with Crippen LogP contribution in [0.1, 0.15) is 51.6 Å². The molecule has 0 radical (unpaired) electrons. The maximum absolute atomic E-state index is 13.4. The molecule has 0 unspecified atom stereocenters. The Bertz CT molecular complexity index is 1510. The van der Waals surface area contributed by atoms with Gasteiger partial charge in [-0.25, -0.2) is 0 Å². The van der Waals surface area contributed by atoms with Gasteiger partial charge in [-0.05, 0) is 49.2 Å². The molecule has 2 heterocycles. The second-order valence-electron chi connectivity index (χ2n) is 9.14. The molecule has 4 rings (SSSR count). The zero-order chi connectivity index (χ0) is 27.9. The summed E-state index contributed by atoms with van der Waals surface area (Å²) >= 11 is 0. The molecular formula is C30H31N5O4. The Morgan fingerprint density at radius 1 is 1.05 bits per heavy atom. The molecule has 200 valence electrons. The van der Waals surface area contributed by atoms with Crippen LogP contribution >= 0.6 is 0 Å². The number of esters is 1. The van der Waals surface area contributed by atoms with Gasteiger partial charge >= 0.3 is 5.97 Å². The Labute approximate surface area is 226 Å². The van der Waals surface area contributed by atoms with Gasteiger partial charge in [0.05, 0.1) is 18.6 Å². The molecule has 3 N–H and O–H groups in total. The zero-order valence-electron chi connectivity index (χ0n) is 22.0. The SMILES string of the molecule is CCOC(=O)CCN(C(=O)c1cccnc1)c1ccc2c(c1)c(C(=O)CCc1ccc(C(=N)N)cc1)cn2C. The van der Waals surface area contributed by atoms with Crippen molar-refractivity contribution in [1.82, 2.24) is 9.55 Å².